The molecule has 0 amide bonds. The third-order valence-corrected chi connectivity index (χ3v) is 5.63. The molecule has 0 N–H and O–H groups in total. The minimum atomic E-state index is -0.368. The van der Waals surface area contributed by atoms with Gasteiger partial charge in [0.25, 0.3) is 0 Å². The van der Waals surface area contributed by atoms with Crippen molar-refractivity contribution in [2.45, 2.75) is 44.4 Å². The molecular formula is C23H25NO3S. The van der Waals surface area contributed by atoms with Crippen LogP contribution in [0.4, 0.5) is 0 Å². The van der Waals surface area contributed by atoms with Crippen molar-refractivity contribution in [2.75, 3.05) is 19.0 Å². The Balaban J connectivity index is 1.93. The van der Waals surface area contributed by atoms with E-state index in [4.69, 9.17) is 9.47 Å². The first-order valence-electron chi connectivity index (χ1n) is 9.54. The average molecular weight is 396 g/mol. The number of carbonyl (C=O) groups is 1. The topological polar surface area (TPSA) is 48.4 Å². The number of esters is 1. The van der Waals surface area contributed by atoms with E-state index in [2.05, 4.69) is 49.7 Å². The number of hydrogen-bond donors (Lipinski definition) is 0. The van der Waals surface area contributed by atoms with E-state index in [0.717, 1.165) is 35.0 Å². The van der Waals surface area contributed by atoms with Crippen molar-refractivity contribution in [3.05, 3.63) is 52.8 Å². The fraction of sp³-hybridized carbons (Fsp3) is 0.391. The van der Waals surface area contributed by atoms with Crippen LogP contribution < -0.4 is 4.74 Å². The van der Waals surface area contributed by atoms with Gasteiger partial charge in [-0.1, -0.05) is 26.7 Å². The number of ether oxygens (including phenoxy) is 2. The van der Waals surface area contributed by atoms with E-state index < -0.39 is 0 Å². The maximum Gasteiger partial charge on any atom is 0.339 e. The van der Waals surface area contributed by atoms with Crippen LogP contribution in [0, 0.1) is 11.8 Å². The molecule has 5 heteroatoms. The zero-order valence-corrected chi connectivity index (χ0v) is 17.6. The molecule has 4 nitrogen and oxygen atoms in total. The minimum absolute atomic E-state index is 0.0684. The lowest BCUT2D eigenvalue weighted by Gasteiger charge is -2.33. The second-order valence-electron chi connectivity index (χ2n) is 7.16. The van der Waals surface area contributed by atoms with E-state index in [-0.39, 0.29) is 11.4 Å². The third kappa shape index (κ3) is 4.51. The molecule has 1 aromatic carbocycles. The van der Waals surface area contributed by atoms with E-state index in [1.165, 1.54) is 11.8 Å². The van der Waals surface area contributed by atoms with Crippen molar-refractivity contribution in [2.24, 2.45) is 0 Å². The van der Waals surface area contributed by atoms with Gasteiger partial charge in [-0.05, 0) is 54.7 Å². The molecule has 1 aliphatic heterocycles. The number of pyridine rings is 1. The molecule has 0 spiro atoms. The summed E-state index contributed by atoms with van der Waals surface area (Å²) in [6.07, 6.45) is 2.50. The third-order valence-electron chi connectivity index (χ3n) is 4.70. The van der Waals surface area contributed by atoms with Gasteiger partial charge < -0.3 is 9.47 Å². The molecule has 0 unspecified atom stereocenters. The number of benzene rings is 1. The average Bonchev–Trinajstić information content (AvgIpc) is 2.67. The first-order chi connectivity index (χ1) is 13.4. The standard InChI is InChI=1S/C23H25NO3S/c1-5-26-22(25)17-8-10-18(24-15-17)9-7-16-13-19-20(14-21(16)28-6-2)27-12-11-23(19,3)4/h8,10,13-15H,5-6,11-12H2,1-4H3. The summed E-state index contributed by atoms with van der Waals surface area (Å²) < 4.78 is 10.9. The van der Waals surface area contributed by atoms with E-state index >= 15 is 0 Å². The summed E-state index contributed by atoms with van der Waals surface area (Å²) in [6.45, 7) is 9.49. The predicted molar refractivity (Wildman–Crippen MR) is 112 cm³/mol. The molecule has 1 aromatic heterocycles. The van der Waals surface area contributed by atoms with Crippen molar-refractivity contribution >= 4 is 17.7 Å². The van der Waals surface area contributed by atoms with Gasteiger partial charge in [0.05, 0.1) is 18.8 Å². The molecule has 2 heterocycles. The van der Waals surface area contributed by atoms with E-state index in [9.17, 15) is 4.79 Å². The first kappa shape index (κ1) is 20.3. The van der Waals surface area contributed by atoms with Crippen molar-refractivity contribution in [3.8, 4) is 17.6 Å². The molecule has 0 atom stereocenters. The second kappa shape index (κ2) is 8.70. The van der Waals surface area contributed by atoms with Gasteiger partial charge in [-0.25, -0.2) is 9.78 Å². The maximum absolute atomic E-state index is 11.7. The highest BCUT2D eigenvalue weighted by atomic mass is 32.2. The van der Waals surface area contributed by atoms with Gasteiger partial charge in [-0.3, -0.25) is 0 Å². The van der Waals surface area contributed by atoms with Crippen molar-refractivity contribution in [3.63, 3.8) is 0 Å². The van der Waals surface area contributed by atoms with Crippen LogP contribution in [0.3, 0.4) is 0 Å². The molecular weight excluding hydrogens is 370 g/mol. The number of aromatic nitrogens is 1. The number of hydrogen-bond acceptors (Lipinski definition) is 5. The molecule has 0 bridgehead atoms. The first-order valence-corrected chi connectivity index (χ1v) is 10.5. The molecule has 3 rings (SSSR count). The number of nitrogens with zero attached hydrogens (tertiary/aromatic N) is 1. The highest BCUT2D eigenvalue weighted by Gasteiger charge is 2.29. The quantitative estimate of drug-likeness (QED) is 0.422. The second-order valence-corrected chi connectivity index (χ2v) is 8.47. The van der Waals surface area contributed by atoms with Gasteiger partial charge in [-0.2, -0.15) is 0 Å². The smallest absolute Gasteiger partial charge is 0.339 e. The highest BCUT2D eigenvalue weighted by molar-refractivity contribution is 7.99. The van der Waals surface area contributed by atoms with Crippen LogP contribution in [0.2, 0.25) is 0 Å². The number of rotatable bonds is 4. The highest BCUT2D eigenvalue weighted by Crippen LogP contribution is 2.41. The fourth-order valence-corrected chi connectivity index (χ4v) is 3.83. The lowest BCUT2D eigenvalue weighted by atomic mass is 9.79. The molecule has 0 radical (unpaired) electrons. The molecule has 2 aromatic rings. The Morgan fingerprint density at radius 3 is 2.79 bits per heavy atom. The number of carbonyl (C=O) groups excluding carboxylic acids is 1. The van der Waals surface area contributed by atoms with Crippen LogP contribution in [0.5, 0.6) is 5.75 Å². The Bertz CT molecular complexity index is 923. The summed E-state index contributed by atoms with van der Waals surface area (Å²) >= 11 is 1.76. The van der Waals surface area contributed by atoms with E-state index in [1.54, 1.807) is 30.8 Å². The van der Waals surface area contributed by atoms with Gasteiger partial charge in [-0.15, -0.1) is 11.8 Å². The Hall–Kier alpha value is -2.45. The summed E-state index contributed by atoms with van der Waals surface area (Å²) in [7, 11) is 0. The molecule has 146 valence electrons. The molecule has 28 heavy (non-hydrogen) atoms. The van der Waals surface area contributed by atoms with E-state index in [0.29, 0.717) is 17.9 Å². The lowest BCUT2D eigenvalue weighted by Crippen LogP contribution is -2.26. The lowest BCUT2D eigenvalue weighted by molar-refractivity contribution is 0.0526. The maximum atomic E-state index is 11.7. The zero-order chi connectivity index (χ0) is 20.1. The Kier molecular flexibility index (Phi) is 6.31. The van der Waals surface area contributed by atoms with Crippen LogP contribution in [0.1, 0.15) is 61.3 Å². The van der Waals surface area contributed by atoms with Crippen LogP contribution in [0.25, 0.3) is 0 Å². The largest absolute Gasteiger partial charge is 0.493 e. The SMILES string of the molecule is CCOC(=O)c1ccc(C#Cc2cc3c(cc2SCC)OCCC3(C)C)nc1. The predicted octanol–water partition coefficient (Wildman–Crippen LogP) is 4.83. The molecule has 0 fully saturated rings. The normalized spacial score (nSPS) is 14.3. The summed E-state index contributed by atoms with van der Waals surface area (Å²) in [5, 5.41) is 0. The number of fused-ring (bicyclic) bond motifs is 1. The zero-order valence-electron chi connectivity index (χ0n) is 16.8. The number of thioether (sulfide) groups is 1. The molecule has 0 saturated heterocycles. The summed E-state index contributed by atoms with van der Waals surface area (Å²) in [4.78, 5) is 17.1. The van der Waals surface area contributed by atoms with Gasteiger partial charge >= 0.3 is 5.97 Å². The summed E-state index contributed by atoms with van der Waals surface area (Å²) in [5.41, 5.74) is 3.31. The van der Waals surface area contributed by atoms with Crippen molar-refractivity contribution in [1.82, 2.24) is 4.98 Å². The van der Waals surface area contributed by atoms with Crippen molar-refractivity contribution < 1.29 is 14.3 Å². The Morgan fingerprint density at radius 2 is 2.11 bits per heavy atom. The Morgan fingerprint density at radius 1 is 1.29 bits per heavy atom. The van der Waals surface area contributed by atoms with Gasteiger partial charge in [0, 0.05) is 22.2 Å². The summed E-state index contributed by atoms with van der Waals surface area (Å²) in [5.74, 6) is 7.96. The van der Waals surface area contributed by atoms with Gasteiger partial charge in [0.15, 0.2) is 0 Å². The monoisotopic (exact) mass is 395 g/mol. The molecule has 0 saturated carbocycles. The van der Waals surface area contributed by atoms with Gasteiger partial charge in [0.1, 0.15) is 11.4 Å². The van der Waals surface area contributed by atoms with Crippen LogP contribution in [-0.4, -0.2) is 29.9 Å². The fourth-order valence-electron chi connectivity index (χ4n) is 3.07. The molecule has 1 aliphatic rings. The minimum Gasteiger partial charge on any atom is -0.493 e. The van der Waals surface area contributed by atoms with Crippen LogP contribution >= 0.6 is 11.8 Å². The Labute approximate surface area is 171 Å². The molecule has 0 aliphatic carbocycles. The summed E-state index contributed by atoms with van der Waals surface area (Å²) in [6, 6.07) is 7.72. The van der Waals surface area contributed by atoms with Gasteiger partial charge in [0.2, 0.25) is 0 Å². The van der Waals surface area contributed by atoms with E-state index in [1.807, 2.05) is 0 Å². The van der Waals surface area contributed by atoms with Crippen LogP contribution in [-0.2, 0) is 10.2 Å². The van der Waals surface area contributed by atoms with Crippen molar-refractivity contribution in [1.29, 1.82) is 0 Å². The van der Waals surface area contributed by atoms with Crippen LogP contribution in [0.15, 0.2) is 35.4 Å².